The van der Waals surface area contributed by atoms with E-state index in [4.69, 9.17) is 9.47 Å². The highest BCUT2D eigenvalue weighted by Crippen LogP contribution is 2.33. The van der Waals surface area contributed by atoms with Crippen LogP contribution in [0.1, 0.15) is 29.8 Å². The number of rotatable bonds is 5. The zero-order valence-electron chi connectivity index (χ0n) is 16.1. The summed E-state index contributed by atoms with van der Waals surface area (Å²) in [5.41, 5.74) is 2.56. The summed E-state index contributed by atoms with van der Waals surface area (Å²) in [6, 6.07) is 23.1. The Morgan fingerprint density at radius 1 is 1.03 bits per heavy atom. The number of carbonyl (C=O) groups is 1. The van der Waals surface area contributed by atoms with Crippen LogP contribution in [0.4, 0.5) is 0 Å². The quantitative estimate of drug-likeness (QED) is 0.405. The molecule has 5 nitrogen and oxygen atoms in total. The van der Waals surface area contributed by atoms with Gasteiger partial charge in [-0.2, -0.15) is 5.01 Å². The van der Waals surface area contributed by atoms with Crippen molar-refractivity contribution in [3.05, 3.63) is 98.4 Å². The second-order valence-electron chi connectivity index (χ2n) is 6.71. The van der Waals surface area contributed by atoms with Gasteiger partial charge in [0.2, 0.25) is 18.0 Å². The summed E-state index contributed by atoms with van der Waals surface area (Å²) in [4.78, 5) is 12.2. The minimum absolute atomic E-state index is 0.205. The molecule has 152 valence electrons. The zero-order chi connectivity index (χ0) is 21.1. The van der Waals surface area contributed by atoms with Crippen molar-refractivity contribution in [3.8, 4) is 5.75 Å². The van der Waals surface area contributed by atoms with E-state index in [-0.39, 0.29) is 5.91 Å². The molecule has 1 aliphatic heterocycles. The Bertz CT molecular complexity index is 1100. The highest BCUT2D eigenvalue weighted by molar-refractivity contribution is 9.10. The maximum atomic E-state index is 12.2. The van der Waals surface area contributed by atoms with Crippen molar-refractivity contribution in [3.63, 3.8) is 0 Å². The molecule has 30 heavy (non-hydrogen) atoms. The SMILES string of the molecule is CC(=O)N1N=C(c2ccccc2OCc2ccc(Br)cc2)O[C@@H]1c1cccc(Br)c1. The van der Waals surface area contributed by atoms with E-state index in [0.29, 0.717) is 23.8 Å². The number of para-hydroxylation sites is 1. The van der Waals surface area contributed by atoms with Gasteiger partial charge in [0.05, 0.1) is 5.56 Å². The number of amides is 1. The second kappa shape index (κ2) is 9.02. The van der Waals surface area contributed by atoms with Crippen LogP contribution < -0.4 is 4.74 Å². The average molecular weight is 530 g/mol. The third-order valence-electron chi connectivity index (χ3n) is 4.53. The van der Waals surface area contributed by atoms with Crippen molar-refractivity contribution < 1.29 is 14.3 Å². The molecule has 1 amide bonds. The first-order valence-corrected chi connectivity index (χ1v) is 10.9. The average Bonchev–Trinajstić information content (AvgIpc) is 3.19. The largest absolute Gasteiger partial charge is 0.488 e. The van der Waals surface area contributed by atoms with Crippen LogP contribution in [0.3, 0.4) is 0 Å². The molecule has 0 saturated carbocycles. The third-order valence-corrected chi connectivity index (χ3v) is 5.55. The van der Waals surface area contributed by atoms with Crippen LogP contribution in [-0.4, -0.2) is 16.8 Å². The lowest BCUT2D eigenvalue weighted by Crippen LogP contribution is -2.25. The molecule has 1 heterocycles. The molecule has 0 bridgehead atoms. The molecule has 0 aliphatic carbocycles. The lowest BCUT2D eigenvalue weighted by Gasteiger charge is -2.19. The fraction of sp³-hybridized carbons (Fsp3) is 0.130. The van der Waals surface area contributed by atoms with Gasteiger partial charge in [-0.1, -0.05) is 68.3 Å². The topological polar surface area (TPSA) is 51.1 Å². The van der Waals surface area contributed by atoms with E-state index in [2.05, 4.69) is 37.0 Å². The monoisotopic (exact) mass is 528 g/mol. The van der Waals surface area contributed by atoms with Crippen molar-refractivity contribution in [1.82, 2.24) is 5.01 Å². The van der Waals surface area contributed by atoms with E-state index >= 15 is 0 Å². The lowest BCUT2D eigenvalue weighted by molar-refractivity contribution is -0.135. The zero-order valence-corrected chi connectivity index (χ0v) is 19.3. The first kappa shape index (κ1) is 20.6. The first-order valence-electron chi connectivity index (χ1n) is 9.28. The smallest absolute Gasteiger partial charge is 0.244 e. The van der Waals surface area contributed by atoms with Crippen molar-refractivity contribution in [2.75, 3.05) is 0 Å². The summed E-state index contributed by atoms with van der Waals surface area (Å²) in [6.45, 7) is 1.87. The van der Waals surface area contributed by atoms with Gasteiger partial charge in [-0.15, -0.1) is 5.10 Å². The number of benzene rings is 3. The molecule has 7 heteroatoms. The predicted octanol–water partition coefficient (Wildman–Crippen LogP) is 6.03. The van der Waals surface area contributed by atoms with E-state index in [1.165, 1.54) is 11.9 Å². The van der Waals surface area contributed by atoms with E-state index < -0.39 is 6.23 Å². The number of nitrogens with zero attached hydrogens (tertiary/aromatic N) is 2. The molecule has 3 aromatic rings. The van der Waals surface area contributed by atoms with Gasteiger partial charge in [-0.05, 0) is 42.0 Å². The molecule has 4 rings (SSSR count). The van der Waals surface area contributed by atoms with Crippen LogP contribution >= 0.6 is 31.9 Å². The molecule has 1 aliphatic rings. The summed E-state index contributed by atoms with van der Waals surface area (Å²) >= 11 is 6.90. The van der Waals surface area contributed by atoms with Gasteiger partial charge in [0.1, 0.15) is 12.4 Å². The third kappa shape index (κ3) is 4.57. The minimum atomic E-state index is -0.630. The van der Waals surface area contributed by atoms with Gasteiger partial charge in [-0.25, -0.2) is 0 Å². The Morgan fingerprint density at radius 3 is 2.53 bits per heavy atom. The molecule has 0 N–H and O–H groups in total. The summed E-state index contributed by atoms with van der Waals surface area (Å²) < 4.78 is 14.1. The predicted molar refractivity (Wildman–Crippen MR) is 122 cm³/mol. The number of hydrogen-bond acceptors (Lipinski definition) is 4. The van der Waals surface area contributed by atoms with Gasteiger partial charge in [0, 0.05) is 21.4 Å². The molecule has 3 aromatic carbocycles. The molecule has 1 atom stereocenters. The molecule has 0 spiro atoms. The Balaban J connectivity index is 1.59. The Labute approximate surface area is 191 Å². The lowest BCUT2D eigenvalue weighted by atomic mass is 10.2. The molecule has 0 unspecified atom stereocenters. The van der Waals surface area contributed by atoms with Crippen molar-refractivity contribution in [1.29, 1.82) is 0 Å². The molecule has 0 fully saturated rings. The number of carbonyl (C=O) groups excluding carboxylic acids is 1. The normalized spacial score (nSPS) is 15.5. The van der Waals surface area contributed by atoms with Crippen molar-refractivity contribution in [2.24, 2.45) is 5.10 Å². The van der Waals surface area contributed by atoms with Crippen LogP contribution in [0, 0.1) is 0 Å². The number of hydrogen-bond donors (Lipinski definition) is 0. The van der Waals surface area contributed by atoms with Crippen LogP contribution in [-0.2, 0) is 16.1 Å². The molecule has 0 radical (unpaired) electrons. The Kier molecular flexibility index (Phi) is 6.20. The molecular formula is C23H18Br2N2O3. The fourth-order valence-electron chi connectivity index (χ4n) is 3.06. The highest BCUT2D eigenvalue weighted by atomic mass is 79.9. The minimum Gasteiger partial charge on any atom is -0.488 e. The van der Waals surface area contributed by atoms with Gasteiger partial charge in [0.15, 0.2) is 0 Å². The number of ether oxygens (including phenoxy) is 2. The maximum absolute atomic E-state index is 12.2. The molecule has 0 aromatic heterocycles. The second-order valence-corrected chi connectivity index (χ2v) is 8.54. The van der Waals surface area contributed by atoms with Crippen LogP contribution in [0.2, 0.25) is 0 Å². The number of halogens is 2. The first-order chi connectivity index (χ1) is 14.5. The van der Waals surface area contributed by atoms with E-state index in [9.17, 15) is 4.79 Å². The summed E-state index contributed by atoms with van der Waals surface area (Å²) in [6.07, 6.45) is -0.630. The molecule has 0 saturated heterocycles. The Morgan fingerprint density at radius 2 is 1.80 bits per heavy atom. The van der Waals surface area contributed by atoms with Gasteiger partial charge in [-0.3, -0.25) is 4.79 Å². The van der Waals surface area contributed by atoms with Crippen molar-refractivity contribution >= 4 is 43.7 Å². The standard InChI is InChI=1S/C23H18Br2N2O3/c1-15(28)27-23(17-5-4-6-19(25)13-17)30-22(26-27)20-7-2-3-8-21(20)29-14-16-9-11-18(24)12-10-16/h2-13,23H,14H2,1H3/t23-/m1/s1. The summed E-state index contributed by atoms with van der Waals surface area (Å²) in [5.74, 6) is 0.780. The summed E-state index contributed by atoms with van der Waals surface area (Å²) in [5, 5.41) is 5.80. The van der Waals surface area contributed by atoms with E-state index in [1.54, 1.807) is 0 Å². The van der Waals surface area contributed by atoms with Gasteiger partial charge >= 0.3 is 0 Å². The van der Waals surface area contributed by atoms with E-state index in [0.717, 1.165) is 20.1 Å². The Hall–Kier alpha value is -2.64. The summed E-state index contributed by atoms with van der Waals surface area (Å²) in [7, 11) is 0. The van der Waals surface area contributed by atoms with E-state index in [1.807, 2.05) is 72.8 Å². The van der Waals surface area contributed by atoms with Gasteiger partial charge < -0.3 is 9.47 Å². The van der Waals surface area contributed by atoms with Gasteiger partial charge in [0.25, 0.3) is 0 Å². The van der Waals surface area contributed by atoms with Crippen LogP contribution in [0.5, 0.6) is 5.75 Å². The number of hydrazone groups is 1. The van der Waals surface area contributed by atoms with Crippen molar-refractivity contribution in [2.45, 2.75) is 19.8 Å². The maximum Gasteiger partial charge on any atom is 0.244 e. The van der Waals surface area contributed by atoms with Crippen LogP contribution in [0.25, 0.3) is 0 Å². The molecular weight excluding hydrogens is 512 g/mol. The van der Waals surface area contributed by atoms with Crippen LogP contribution in [0.15, 0.2) is 86.8 Å². The fourth-order valence-corrected chi connectivity index (χ4v) is 3.74. The highest BCUT2D eigenvalue weighted by Gasteiger charge is 2.34.